The predicted molar refractivity (Wildman–Crippen MR) is 120 cm³/mol. The van der Waals surface area contributed by atoms with Crippen LogP contribution in [0.1, 0.15) is 5.76 Å². The van der Waals surface area contributed by atoms with Crippen molar-refractivity contribution >= 4 is 44.5 Å². The number of hydrogen-bond acceptors (Lipinski definition) is 4. The number of nitrogens with zero attached hydrogens (tertiary/aromatic N) is 1. The first-order valence-corrected chi connectivity index (χ1v) is 9.88. The zero-order valence-electron chi connectivity index (χ0n) is 15.4. The molecule has 4 aromatic rings. The molecule has 2 N–H and O–H groups in total. The SMILES string of the molecule is O=C(CNc1cccc2ccccc12)N/N=C\c1ccc(-c2ccc(Br)cc2)o1. The summed E-state index contributed by atoms with van der Waals surface area (Å²) in [5.41, 5.74) is 4.39. The van der Waals surface area contributed by atoms with Gasteiger partial charge in [-0.05, 0) is 35.7 Å². The Balaban J connectivity index is 1.32. The van der Waals surface area contributed by atoms with Crippen LogP contribution in [0.3, 0.4) is 0 Å². The van der Waals surface area contributed by atoms with E-state index in [4.69, 9.17) is 4.42 Å². The third-order valence-electron chi connectivity index (χ3n) is 4.37. The molecule has 0 aliphatic rings. The number of nitrogens with one attached hydrogen (secondary N) is 2. The second-order valence-electron chi connectivity index (χ2n) is 6.38. The molecule has 0 aliphatic carbocycles. The number of carbonyl (C=O) groups excluding carboxylic acids is 1. The van der Waals surface area contributed by atoms with Crippen LogP contribution in [0.5, 0.6) is 0 Å². The molecule has 0 atom stereocenters. The molecule has 0 fully saturated rings. The lowest BCUT2D eigenvalue weighted by atomic mass is 10.1. The smallest absolute Gasteiger partial charge is 0.259 e. The maximum atomic E-state index is 12.1. The molecule has 0 unspecified atom stereocenters. The summed E-state index contributed by atoms with van der Waals surface area (Å²) in [6.45, 7) is 0.119. The van der Waals surface area contributed by atoms with Crippen LogP contribution in [-0.4, -0.2) is 18.7 Å². The maximum Gasteiger partial charge on any atom is 0.259 e. The van der Waals surface area contributed by atoms with Crippen molar-refractivity contribution in [3.63, 3.8) is 0 Å². The Hall–Kier alpha value is -3.38. The minimum Gasteiger partial charge on any atom is -0.455 e. The monoisotopic (exact) mass is 447 g/mol. The van der Waals surface area contributed by atoms with Crippen molar-refractivity contribution in [2.45, 2.75) is 0 Å². The Morgan fingerprint density at radius 1 is 0.966 bits per heavy atom. The molecule has 6 heteroatoms. The zero-order valence-corrected chi connectivity index (χ0v) is 17.0. The van der Waals surface area contributed by atoms with Gasteiger partial charge in [0.25, 0.3) is 5.91 Å². The Morgan fingerprint density at radius 3 is 2.62 bits per heavy atom. The molecule has 0 saturated carbocycles. The van der Waals surface area contributed by atoms with E-state index in [1.807, 2.05) is 72.8 Å². The van der Waals surface area contributed by atoms with Crippen molar-refractivity contribution in [2.24, 2.45) is 5.10 Å². The molecule has 144 valence electrons. The molecule has 4 rings (SSSR count). The van der Waals surface area contributed by atoms with Crippen molar-refractivity contribution in [1.29, 1.82) is 0 Å². The largest absolute Gasteiger partial charge is 0.455 e. The van der Waals surface area contributed by atoms with Gasteiger partial charge in [0.15, 0.2) is 0 Å². The molecule has 0 saturated heterocycles. The number of amides is 1. The summed E-state index contributed by atoms with van der Waals surface area (Å²) >= 11 is 3.41. The van der Waals surface area contributed by atoms with E-state index in [9.17, 15) is 4.79 Å². The second-order valence-corrected chi connectivity index (χ2v) is 7.30. The molecular weight excluding hydrogens is 430 g/mol. The number of halogens is 1. The van der Waals surface area contributed by atoms with Crippen LogP contribution >= 0.6 is 15.9 Å². The van der Waals surface area contributed by atoms with E-state index in [-0.39, 0.29) is 12.5 Å². The van der Waals surface area contributed by atoms with Gasteiger partial charge in [0.05, 0.1) is 12.8 Å². The van der Waals surface area contributed by atoms with Gasteiger partial charge in [-0.3, -0.25) is 4.79 Å². The number of furan rings is 1. The molecule has 0 radical (unpaired) electrons. The molecular formula is C23H18BrN3O2. The molecule has 0 bridgehead atoms. The highest BCUT2D eigenvalue weighted by molar-refractivity contribution is 9.10. The number of rotatable bonds is 6. The quantitative estimate of drug-likeness (QED) is 0.306. The van der Waals surface area contributed by atoms with Crippen LogP contribution in [0.15, 0.2) is 92.9 Å². The number of carbonyl (C=O) groups is 1. The summed E-state index contributed by atoms with van der Waals surface area (Å²) in [4.78, 5) is 12.1. The summed E-state index contributed by atoms with van der Waals surface area (Å²) < 4.78 is 6.75. The molecule has 1 heterocycles. The predicted octanol–water partition coefficient (Wildman–Crippen LogP) is 5.42. The Bertz CT molecular complexity index is 1160. The van der Waals surface area contributed by atoms with Crippen LogP contribution in [0.25, 0.3) is 22.1 Å². The molecule has 1 aromatic heterocycles. The molecule has 0 aliphatic heterocycles. The Morgan fingerprint density at radius 2 is 1.76 bits per heavy atom. The molecule has 5 nitrogen and oxygen atoms in total. The first-order valence-electron chi connectivity index (χ1n) is 9.08. The topological polar surface area (TPSA) is 66.6 Å². The summed E-state index contributed by atoms with van der Waals surface area (Å²) in [5.74, 6) is 1.06. The zero-order chi connectivity index (χ0) is 20.1. The van der Waals surface area contributed by atoms with Crippen LogP contribution in [0.2, 0.25) is 0 Å². The van der Waals surface area contributed by atoms with E-state index in [1.165, 1.54) is 6.21 Å². The average Bonchev–Trinajstić information content (AvgIpc) is 3.21. The lowest BCUT2D eigenvalue weighted by Gasteiger charge is -2.08. The van der Waals surface area contributed by atoms with Gasteiger partial charge < -0.3 is 9.73 Å². The highest BCUT2D eigenvalue weighted by Crippen LogP contribution is 2.24. The highest BCUT2D eigenvalue weighted by Gasteiger charge is 2.05. The Kier molecular flexibility index (Phi) is 5.72. The van der Waals surface area contributed by atoms with Gasteiger partial charge in [-0.15, -0.1) is 0 Å². The van der Waals surface area contributed by atoms with Gasteiger partial charge in [0.1, 0.15) is 11.5 Å². The number of hydrogen-bond donors (Lipinski definition) is 2. The first-order chi connectivity index (χ1) is 14.2. The number of fused-ring (bicyclic) bond motifs is 1. The van der Waals surface area contributed by atoms with Crippen LogP contribution in [-0.2, 0) is 4.79 Å². The fourth-order valence-electron chi connectivity index (χ4n) is 2.95. The van der Waals surface area contributed by atoms with Crippen LogP contribution < -0.4 is 10.7 Å². The molecule has 3 aromatic carbocycles. The maximum absolute atomic E-state index is 12.1. The van der Waals surface area contributed by atoms with E-state index < -0.39 is 0 Å². The third kappa shape index (κ3) is 4.73. The average molecular weight is 448 g/mol. The normalized spacial score (nSPS) is 11.1. The summed E-state index contributed by atoms with van der Waals surface area (Å²) in [5, 5.41) is 9.32. The standard InChI is InChI=1S/C23H18BrN3O2/c24-18-10-8-17(9-11-18)22-13-12-19(29-22)14-26-27-23(28)15-25-21-7-3-5-16-4-1-2-6-20(16)21/h1-14,25H,15H2,(H,27,28)/b26-14-. The number of anilines is 1. The first kappa shape index (κ1) is 19.0. The van der Waals surface area contributed by atoms with E-state index >= 15 is 0 Å². The van der Waals surface area contributed by atoms with E-state index in [0.29, 0.717) is 5.76 Å². The van der Waals surface area contributed by atoms with Crippen LogP contribution in [0.4, 0.5) is 5.69 Å². The summed E-state index contributed by atoms with van der Waals surface area (Å²) in [7, 11) is 0. The Labute approximate surface area is 176 Å². The highest BCUT2D eigenvalue weighted by atomic mass is 79.9. The van der Waals surface area contributed by atoms with E-state index in [0.717, 1.165) is 32.3 Å². The second kappa shape index (κ2) is 8.75. The number of hydrazone groups is 1. The van der Waals surface area contributed by atoms with Gasteiger partial charge in [-0.1, -0.05) is 64.5 Å². The van der Waals surface area contributed by atoms with Crippen molar-refractivity contribution in [3.8, 4) is 11.3 Å². The lowest BCUT2D eigenvalue weighted by molar-refractivity contribution is -0.119. The van der Waals surface area contributed by atoms with Crippen molar-refractivity contribution in [3.05, 3.63) is 89.1 Å². The number of benzene rings is 3. The minimum absolute atomic E-state index is 0.119. The van der Waals surface area contributed by atoms with Gasteiger partial charge in [-0.25, -0.2) is 5.43 Å². The van der Waals surface area contributed by atoms with Crippen LogP contribution in [0, 0.1) is 0 Å². The van der Waals surface area contributed by atoms with Gasteiger partial charge in [0, 0.05) is 21.1 Å². The summed E-state index contributed by atoms with van der Waals surface area (Å²) in [6, 6.07) is 25.5. The van der Waals surface area contributed by atoms with E-state index in [2.05, 4.69) is 31.8 Å². The van der Waals surface area contributed by atoms with Gasteiger partial charge >= 0.3 is 0 Å². The van der Waals surface area contributed by atoms with Crippen molar-refractivity contribution in [2.75, 3.05) is 11.9 Å². The fraction of sp³-hybridized carbons (Fsp3) is 0.0435. The van der Waals surface area contributed by atoms with Crippen molar-refractivity contribution < 1.29 is 9.21 Å². The molecule has 0 spiro atoms. The lowest BCUT2D eigenvalue weighted by Crippen LogP contribution is -2.25. The van der Waals surface area contributed by atoms with Crippen molar-refractivity contribution in [1.82, 2.24) is 5.43 Å². The molecule has 29 heavy (non-hydrogen) atoms. The van der Waals surface area contributed by atoms with Gasteiger partial charge in [-0.2, -0.15) is 5.10 Å². The minimum atomic E-state index is -0.242. The van der Waals surface area contributed by atoms with Gasteiger partial charge in [0.2, 0.25) is 0 Å². The fourth-order valence-corrected chi connectivity index (χ4v) is 3.22. The third-order valence-corrected chi connectivity index (χ3v) is 4.89. The summed E-state index contributed by atoms with van der Waals surface area (Å²) in [6.07, 6.45) is 1.48. The van der Waals surface area contributed by atoms with E-state index in [1.54, 1.807) is 6.07 Å². The molecule has 1 amide bonds.